The van der Waals surface area contributed by atoms with Gasteiger partial charge in [-0.3, -0.25) is 0 Å². The second-order valence-corrected chi connectivity index (χ2v) is 6.88. The second-order valence-electron chi connectivity index (χ2n) is 6.88. The van der Waals surface area contributed by atoms with Gasteiger partial charge < -0.3 is 19.4 Å². The zero-order valence-corrected chi connectivity index (χ0v) is 17.6. The van der Waals surface area contributed by atoms with Crippen LogP contribution in [0, 0.1) is 11.3 Å². The maximum atomic E-state index is 9.32. The second kappa shape index (κ2) is 11.0. The molecule has 0 aliphatic carbocycles. The third-order valence-electron chi connectivity index (χ3n) is 4.93. The quantitative estimate of drug-likeness (QED) is 0.457. The van der Waals surface area contributed by atoms with Crippen molar-refractivity contribution in [1.82, 2.24) is 9.88 Å². The molecule has 0 saturated heterocycles. The molecule has 0 aliphatic heterocycles. The summed E-state index contributed by atoms with van der Waals surface area (Å²) in [5.74, 6) is 1.51. The molecule has 156 valence electrons. The van der Waals surface area contributed by atoms with Crippen molar-refractivity contribution in [2.45, 2.75) is 26.9 Å². The first-order valence-corrected chi connectivity index (χ1v) is 10.4. The van der Waals surface area contributed by atoms with Gasteiger partial charge in [0.25, 0.3) is 0 Å². The van der Waals surface area contributed by atoms with Crippen LogP contribution < -0.4 is 10.1 Å². The first kappa shape index (κ1) is 21.4. The molecule has 1 heterocycles. The van der Waals surface area contributed by atoms with Gasteiger partial charge in [-0.1, -0.05) is 56.3 Å². The Bertz CT molecular complexity index is 942. The van der Waals surface area contributed by atoms with Crippen molar-refractivity contribution in [3.05, 3.63) is 66.2 Å². The monoisotopic (exact) mass is 404 g/mol. The SMILES string of the molecule is CCN(CC)CCCNc1oc(COc2ccc(-c3ccccc3)cc2)nc1C#N. The summed E-state index contributed by atoms with van der Waals surface area (Å²) in [5, 5.41) is 12.5. The van der Waals surface area contributed by atoms with Crippen molar-refractivity contribution in [2.75, 3.05) is 31.5 Å². The maximum Gasteiger partial charge on any atom is 0.236 e. The van der Waals surface area contributed by atoms with Crippen molar-refractivity contribution in [3.8, 4) is 22.9 Å². The fourth-order valence-electron chi connectivity index (χ4n) is 3.19. The van der Waals surface area contributed by atoms with Crippen molar-refractivity contribution in [3.63, 3.8) is 0 Å². The Morgan fingerprint density at radius 3 is 2.40 bits per heavy atom. The van der Waals surface area contributed by atoms with Gasteiger partial charge >= 0.3 is 0 Å². The molecule has 0 radical (unpaired) electrons. The number of hydrogen-bond donors (Lipinski definition) is 1. The third kappa shape index (κ3) is 5.85. The van der Waals surface area contributed by atoms with E-state index in [1.807, 2.05) is 42.5 Å². The summed E-state index contributed by atoms with van der Waals surface area (Å²) in [6.45, 7) is 8.28. The van der Waals surface area contributed by atoms with Gasteiger partial charge in [0.05, 0.1) is 0 Å². The normalized spacial score (nSPS) is 10.7. The van der Waals surface area contributed by atoms with Crippen molar-refractivity contribution in [2.24, 2.45) is 0 Å². The number of nitrogens with zero attached hydrogens (tertiary/aromatic N) is 3. The Morgan fingerprint density at radius 1 is 1.03 bits per heavy atom. The van der Waals surface area contributed by atoms with Crippen LogP contribution in [0.25, 0.3) is 11.1 Å². The molecule has 1 aromatic heterocycles. The fourth-order valence-corrected chi connectivity index (χ4v) is 3.19. The molecule has 3 aromatic rings. The number of rotatable bonds is 11. The summed E-state index contributed by atoms with van der Waals surface area (Å²) in [7, 11) is 0. The van der Waals surface area contributed by atoms with Gasteiger partial charge in [0, 0.05) is 6.54 Å². The average molecular weight is 405 g/mol. The molecule has 0 fully saturated rings. The molecule has 1 N–H and O–H groups in total. The van der Waals surface area contributed by atoms with Crippen LogP contribution in [-0.2, 0) is 6.61 Å². The van der Waals surface area contributed by atoms with E-state index in [0.717, 1.165) is 49.5 Å². The Morgan fingerprint density at radius 2 is 1.73 bits per heavy atom. The molecule has 0 bridgehead atoms. The van der Waals surface area contributed by atoms with Gasteiger partial charge in [-0.15, -0.1) is 0 Å². The van der Waals surface area contributed by atoms with Gasteiger partial charge in [0.15, 0.2) is 6.61 Å². The summed E-state index contributed by atoms with van der Waals surface area (Å²) in [5.41, 5.74) is 2.55. The fraction of sp³-hybridized carbons (Fsp3) is 0.333. The van der Waals surface area contributed by atoms with E-state index in [1.165, 1.54) is 0 Å². The van der Waals surface area contributed by atoms with Gasteiger partial charge in [0.1, 0.15) is 11.8 Å². The van der Waals surface area contributed by atoms with E-state index >= 15 is 0 Å². The third-order valence-corrected chi connectivity index (χ3v) is 4.93. The highest BCUT2D eigenvalue weighted by Gasteiger charge is 2.13. The van der Waals surface area contributed by atoms with Crippen LogP contribution in [0.4, 0.5) is 5.88 Å². The van der Waals surface area contributed by atoms with E-state index in [9.17, 15) is 5.26 Å². The van der Waals surface area contributed by atoms with Crippen LogP contribution in [0.1, 0.15) is 31.9 Å². The average Bonchev–Trinajstić information content (AvgIpc) is 3.21. The van der Waals surface area contributed by atoms with E-state index in [0.29, 0.717) is 11.8 Å². The molecule has 0 unspecified atom stereocenters. The number of ether oxygens (including phenoxy) is 1. The highest BCUT2D eigenvalue weighted by Crippen LogP contribution is 2.23. The number of nitriles is 1. The molecule has 30 heavy (non-hydrogen) atoms. The van der Waals surface area contributed by atoms with E-state index < -0.39 is 0 Å². The smallest absolute Gasteiger partial charge is 0.236 e. The molecule has 6 nitrogen and oxygen atoms in total. The predicted octanol–water partition coefficient (Wildman–Crippen LogP) is 4.94. The minimum absolute atomic E-state index is 0.167. The lowest BCUT2D eigenvalue weighted by Crippen LogP contribution is -2.25. The molecule has 0 saturated carbocycles. The molecule has 0 aliphatic rings. The van der Waals surface area contributed by atoms with Crippen LogP contribution >= 0.6 is 0 Å². The van der Waals surface area contributed by atoms with Gasteiger partial charge in [0.2, 0.25) is 17.5 Å². The van der Waals surface area contributed by atoms with Gasteiger partial charge in [-0.05, 0) is 49.3 Å². The number of hydrogen-bond acceptors (Lipinski definition) is 6. The van der Waals surface area contributed by atoms with Crippen molar-refractivity contribution < 1.29 is 9.15 Å². The van der Waals surface area contributed by atoms with E-state index in [4.69, 9.17) is 9.15 Å². The molecule has 0 amide bonds. The Balaban J connectivity index is 1.52. The summed E-state index contributed by atoms with van der Waals surface area (Å²) < 4.78 is 11.5. The highest BCUT2D eigenvalue weighted by molar-refractivity contribution is 5.63. The first-order valence-electron chi connectivity index (χ1n) is 10.4. The summed E-state index contributed by atoms with van der Waals surface area (Å²) in [6.07, 6.45) is 0.965. The number of oxazole rings is 1. The maximum absolute atomic E-state index is 9.32. The first-order chi connectivity index (χ1) is 14.7. The van der Waals surface area contributed by atoms with Crippen LogP contribution in [-0.4, -0.2) is 36.1 Å². The van der Waals surface area contributed by atoms with Crippen LogP contribution in [0.2, 0.25) is 0 Å². The Hall–Kier alpha value is -3.30. The Kier molecular flexibility index (Phi) is 7.87. The highest BCUT2D eigenvalue weighted by atomic mass is 16.5. The van der Waals surface area contributed by atoms with Crippen LogP contribution in [0.3, 0.4) is 0 Å². The topological polar surface area (TPSA) is 74.3 Å². The minimum Gasteiger partial charge on any atom is -0.484 e. The molecule has 0 spiro atoms. The van der Waals surface area contributed by atoms with Crippen molar-refractivity contribution in [1.29, 1.82) is 5.26 Å². The van der Waals surface area contributed by atoms with E-state index in [2.05, 4.69) is 47.3 Å². The molecule has 2 aromatic carbocycles. The number of benzene rings is 2. The molecular formula is C24H28N4O2. The summed E-state index contributed by atoms with van der Waals surface area (Å²) in [4.78, 5) is 6.59. The molecule has 6 heteroatoms. The minimum atomic E-state index is 0.167. The summed E-state index contributed by atoms with van der Waals surface area (Å²) >= 11 is 0. The Labute approximate surface area is 178 Å². The van der Waals surface area contributed by atoms with E-state index in [1.54, 1.807) is 0 Å². The molecule has 0 atom stereocenters. The largest absolute Gasteiger partial charge is 0.484 e. The van der Waals surface area contributed by atoms with Crippen LogP contribution in [0.5, 0.6) is 5.75 Å². The van der Waals surface area contributed by atoms with Crippen LogP contribution in [0.15, 0.2) is 59.0 Å². The number of nitrogens with one attached hydrogen (secondary N) is 1. The summed E-state index contributed by atoms with van der Waals surface area (Å²) in [6, 6.07) is 20.1. The lowest BCUT2D eigenvalue weighted by Gasteiger charge is -2.17. The standard InChI is InChI=1S/C24H28N4O2/c1-3-28(4-2)16-8-15-26-24-22(17-25)27-23(30-24)18-29-21-13-11-20(12-14-21)19-9-6-5-7-10-19/h5-7,9-14,26H,3-4,8,15-16,18H2,1-2H3. The molecule has 3 rings (SSSR count). The van der Waals surface area contributed by atoms with E-state index in [-0.39, 0.29) is 12.3 Å². The lowest BCUT2D eigenvalue weighted by atomic mass is 10.1. The van der Waals surface area contributed by atoms with Gasteiger partial charge in [-0.25, -0.2) is 0 Å². The zero-order chi connectivity index (χ0) is 21.2. The van der Waals surface area contributed by atoms with Gasteiger partial charge in [-0.2, -0.15) is 10.2 Å². The predicted molar refractivity (Wildman–Crippen MR) is 118 cm³/mol. The zero-order valence-electron chi connectivity index (χ0n) is 17.6. The lowest BCUT2D eigenvalue weighted by molar-refractivity contribution is 0.264. The molecular weight excluding hydrogens is 376 g/mol. The van der Waals surface area contributed by atoms with Crippen molar-refractivity contribution >= 4 is 5.88 Å². The number of anilines is 1. The number of aromatic nitrogens is 1.